The maximum absolute atomic E-state index is 8.73. The summed E-state index contributed by atoms with van der Waals surface area (Å²) < 4.78 is 10.3. The van der Waals surface area contributed by atoms with Gasteiger partial charge in [-0.1, -0.05) is 0 Å². The first-order valence-corrected chi connectivity index (χ1v) is 3.41. The highest BCUT2D eigenvalue weighted by Crippen LogP contribution is 2.29. The smallest absolute Gasteiger partial charge is 0.245 e. The van der Waals surface area contributed by atoms with Gasteiger partial charge in [-0.2, -0.15) is 0 Å². The van der Waals surface area contributed by atoms with Crippen LogP contribution in [-0.2, 0) is 9.47 Å². The minimum atomic E-state index is -0.754. The van der Waals surface area contributed by atoms with Crippen molar-refractivity contribution in [1.82, 2.24) is 0 Å². The van der Waals surface area contributed by atoms with E-state index in [4.69, 9.17) is 19.7 Å². The third kappa shape index (κ3) is 1.64. The minimum Gasteiger partial charge on any atom is -0.451 e. The lowest BCUT2D eigenvalue weighted by atomic mass is 10.4. The van der Waals surface area contributed by atoms with E-state index in [-0.39, 0.29) is 13.2 Å². The number of rotatable bonds is 2. The van der Waals surface area contributed by atoms with Crippen LogP contribution in [0.1, 0.15) is 13.8 Å². The second-order valence-electron chi connectivity index (χ2n) is 2.77. The summed E-state index contributed by atoms with van der Waals surface area (Å²) in [6, 6.07) is 0. The van der Waals surface area contributed by atoms with Gasteiger partial charge >= 0.3 is 0 Å². The Labute approximate surface area is 65.0 Å². The lowest BCUT2D eigenvalue weighted by Crippen LogP contribution is -2.21. The molecule has 0 fully saturated rings. The predicted octanol–water partition coefficient (Wildman–Crippen LogP) is -0.0345. The Morgan fingerprint density at radius 3 is 1.73 bits per heavy atom. The molecule has 1 rings (SSSR count). The molecule has 11 heavy (non-hydrogen) atoms. The summed E-state index contributed by atoms with van der Waals surface area (Å²) in [4.78, 5) is 0. The van der Waals surface area contributed by atoms with Crippen LogP contribution >= 0.6 is 0 Å². The lowest BCUT2D eigenvalue weighted by Gasteiger charge is -2.18. The Balaban J connectivity index is 2.71. The number of aliphatic hydroxyl groups is 2. The van der Waals surface area contributed by atoms with E-state index >= 15 is 0 Å². The van der Waals surface area contributed by atoms with Crippen molar-refractivity contribution in [3.05, 3.63) is 11.5 Å². The zero-order valence-electron chi connectivity index (χ0n) is 6.63. The molecule has 0 saturated heterocycles. The molecule has 0 radical (unpaired) electrons. The molecule has 0 aliphatic carbocycles. The maximum Gasteiger partial charge on any atom is 0.245 e. The third-order valence-electron chi connectivity index (χ3n) is 1.34. The summed E-state index contributed by atoms with van der Waals surface area (Å²) in [5, 5.41) is 17.5. The van der Waals surface area contributed by atoms with E-state index in [0.29, 0.717) is 11.5 Å². The summed E-state index contributed by atoms with van der Waals surface area (Å²) in [5.74, 6) is -0.120. The van der Waals surface area contributed by atoms with Crippen molar-refractivity contribution in [3.8, 4) is 0 Å². The zero-order valence-corrected chi connectivity index (χ0v) is 6.63. The molecule has 1 aliphatic rings. The van der Waals surface area contributed by atoms with Crippen LogP contribution < -0.4 is 0 Å². The molecular formula is C7H12O4. The van der Waals surface area contributed by atoms with Gasteiger partial charge in [0.2, 0.25) is 5.79 Å². The molecule has 0 unspecified atom stereocenters. The fraction of sp³-hybridized carbons (Fsp3) is 0.714. The molecule has 1 aliphatic heterocycles. The van der Waals surface area contributed by atoms with Gasteiger partial charge in [0, 0.05) is 13.8 Å². The molecule has 0 saturated carbocycles. The van der Waals surface area contributed by atoms with Crippen molar-refractivity contribution in [2.24, 2.45) is 0 Å². The predicted molar refractivity (Wildman–Crippen MR) is 37.4 cm³/mol. The molecule has 0 aromatic heterocycles. The second-order valence-corrected chi connectivity index (χ2v) is 2.77. The minimum absolute atomic E-state index is 0.237. The number of hydrogen-bond donors (Lipinski definition) is 2. The highest BCUT2D eigenvalue weighted by atomic mass is 16.7. The van der Waals surface area contributed by atoms with Gasteiger partial charge < -0.3 is 19.7 Å². The van der Waals surface area contributed by atoms with E-state index < -0.39 is 5.79 Å². The summed E-state index contributed by atoms with van der Waals surface area (Å²) in [5.41, 5.74) is 0. The highest BCUT2D eigenvalue weighted by molar-refractivity contribution is 5.07. The monoisotopic (exact) mass is 160 g/mol. The summed E-state index contributed by atoms with van der Waals surface area (Å²) >= 11 is 0. The van der Waals surface area contributed by atoms with Crippen LogP contribution in [0.3, 0.4) is 0 Å². The molecule has 0 bridgehead atoms. The van der Waals surface area contributed by atoms with Crippen LogP contribution in [-0.4, -0.2) is 29.2 Å². The van der Waals surface area contributed by atoms with Crippen LogP contribution in [0.15, 0.2) is 11.5 Å². The Kier molecular flexibility index (Phi) is 2.06. The van der Waals surface area contributed by atoms with Crippen LogP contribution in [0, 0.1) is 0 Å². The maximum atomic E-state index is 8.73. The molecule has 0 spiro atoms. The fourth-order valence-corrected chi connectivity index (χ4v) is 0.969. The topological polar surface area (TPSA) is 58.9 Å². The zero-order chi connectivity index (χ0) is 8.48. The van der Waals surface area contributed by atoms with Crippen LogP contribution in [0.25, 0.3) is 0 Å². The Morgan fingerprint density at radius 1 is 1.09 bits per heavy atom. The Bertz CT molecular complexity index is 165. The molecule has 4 heteroatoms. The molecule has 4 nitrogen and oxygen atoms in total. The molecular weight excluding hydrogens is 148 g/mol. The van der Waals surface area contributed by atoms with Crippen molar-refractivity contribution in [3.63, 3.8) is 0 Å². The first-order chi connectivity index (χ1) is 5.09. The van der Waals surface area contributed by atoms with E-state index in [1.807, 2.05) is 0 Å². The van der Waals surface area contributed by atoms with E-state index in [2.05, 4.69) is 0 Å². The van der Waals surface area contributed by atoms with Crippen LogP contribution in [0.2, 0.25) is 0 Å². The second kappa shape index (κ2) is 2.71. The average molecular weight is 160 g/mol. The largest absolute Gasteiger partial charge is 0.451 e. The normalized spacial score (nSPS) is 21.5. The Hall–Kier alpha value is -0.740. The molecule has 64 valence electrons. The summed E-state index contributed by atoms with van der Waals surface area (Å²) in [6.07, 6.45) is 0. The molecule has 0 amide bonds. The van der Waals surface area contributed by atoms with Gasteiger partial charge in [0.15, 0.2) is 11.5 Å². The quantitative estimate of drug-likeness (QED) is 0.595. The van der Waals surface area contributed by atoms with Crippen molar-refractivity contribution in [2.75, 3.05) is 13.2 Å². The molecule has 0 aromatic rings. The number of aliphatic hydroxyl groups excluding tert-OH is 2. The van der Waals surface area contributed by atoms with E-state index in [1.165, 1.54) is 0 Å². The van der Waals surface area contributed by atoms with Gasteiger partial charge in [-0.15, -0.1) is 0 Å². The summed E-state index contributed by atoms with van der Waals surface area (Å²) in [7, 11) is 0. The van der Waals surface area contributed by atoms with Gasteiger partial charge in [-0.25, -0.2) is 0 Å². The van der Waals surface area contributed by atoms with Crippen molar-refractivity contribution < 1.29 is 19.7 Å². The lowest BCUT2D eigenvalue weighted by molar-refractivity contribution is -0.128. The number of ether oxygens (including phenoxy) is 2. The highest BCUT2D eigenvalue weighted by Gasteiger charge is 2.32. The third-order valence-corrected chi connectivity index (χ3v) is 1.34. The van der Waals surface area contributed by atoms with Crippen LogP contribution in [0.5, 0.6) is 0 Å². The van der Waals surface area contributed by atoms with E-state index in [1.54, 1.807) is 13.8 Å². The van der Waals surface area contributed by atoms with Gasteiger partial charge in [-0.3, -0.25) is 0 Å². The van der Waals surface area contributed by atoms with Crippen molar-refractivity contribution in [2.45, 2.75) is 19.6 Å². The van der Waals surface area contributed by atoms with Gasteiger partial charge in [0.05, 0.1) is 0 Å². The fourth-order valence-electron chi connectivity index (χ4n) is 0.969. The van der Waals surface area contributed by atoms with Gasteiger partial charge in [-0.05, 0) is 0 Å². The molecule has 1 heterocycles. The molecule has 2 N–H and O–H groups in total. The average Bonchev–Trinajstić information content (AvgIpc) is 2.25. The Morgan fingerprint density at radius 2 is 1.45 bits per heavy atom. The summed E-state index contributed by atoms with van der Waals surface area (Å²) in [6.45, 7) is 2.95. The first-order valence-electron chi connectivity index (χ1n) is 3.41. The molecule has 0 aromatic carbocycles. The number of hydrogen-bond acceptors (Lipinski definition) is 4. The first kappa shape index (κ1) is 8.36. The SMILES string of the molecule is CC1(C)OC(CO)=C(CO)O1. The van der Waals surface area contributed by atoms with E-state index in [0.717, 1.165) is 0 Å². The van der Waals surface area contributed by atoms with Crippen molar-refractivity contribution in [1.29, 1.82) is 0 Å². The van der Waals surface area contributed by atoms with Gasteiger partial charge in [0.1, 0.15) is 13.2 Å². The standard InChI is InChI=1S/C7H12O4/c1-7(2)10-5(3-8)6(4-9)11-7/h8-9H,3-4H2,1-2H3. The van der Waals surface area contributed by atoms with Gasteiger partial charge in [0.25, 0.3) is 0 Å². The molecule has 0 atom stereocenters. The van der Waals surface area contributed by atoms with E-state index in [9.17, 15) is 0 Å². The van der Waals surface area contributed by atoms with Crippen LogP contribution in [0.4, 0.5) is 0 Å². The van der Waals surface area contributed by atoms with Crippen molar-refractivity contribution >= 4 is 0 Å².